The normalized spacial score (nSPS) is 24.8. The molecule has 14 nitrogen and oxygen atoms in total. The van der Waals surface area contributed by atoms with E-state index in [2.05, 4.69) is 20.0 Å². The molecule has 4 N–H and O–H groups in total. The molecule has 0 amide bonds. The molecular weight excluding hydrogens is 560 g/mol. The van der Waals surface area contributed by atoms with E-state index in [0.717, 1.165) is 6.92 Å². The quantitative estimate of drug-likeness (QED) is 0.218. The molecule has 3 heterocycles. The highest BCUT2D eigenvalue weighted by Gasteiger charge is 2.56. The third-order valence-corrected chi connectivity index (χ3v) is 7.89. The Morgan fingerprint density at radius 2 is 1.98 bits per heavy atom. The lowest BCUT2D eigenvalue weighted by Crippen LogP contribution is -2.41. The van der Waals surface area contributed by atoms with E-state index in [1.807, 2.05) is 0 Å². The van der Waals surface area contributed by atoms with Crippen LogP contribution in [0.1, 0.15) is 33.9 Å². The minimum atomic E-state index is -4.28. The van der Waals surface area contributed by atoms with E-state index < -0.39 is 56.6 Å². The van der Waals surface area contributed by atoms with Crippen molar-refractivity contribution in [2.75, 3.05) is 31.3 Å². The van der Waals surface area contributed by atoms with Gasteiger partial charge in [0.1, 0.15) is 24.0 Å². The van der Waals surface area contributed by atoms with Crippen molar-refractivity contribution >= 4 is 36.6 Å². The molecule has 1 aliphatic heterocycles. The molecule has 0 saturated carbocycles. The largest absolute Gasteiger partial charge is 0.462 e. The van der Waals surface area contributed by atoms with E-state index in [0.29, 0.717) is 11.3 Å². The van der Waals surface area contributed by atoms with Gasteiger partial charge in [-0.05, 0) is 39.8 Å². The highest BCUT2D eigenvalue weighted by molar-refractivity contribution is 7.52. The van der Waals surface area contributed by atoms with Crippen LogP contribution in [0.25, 0.3) is 11.2 Å². The smallest absolute Gasteiger partial charge is 0.459 e. The van der Waals surface area contributed by atoms with Crippen molar-refractivity contribution in [3.8, 4) is 5.75 Å². The first-order chi connectivity index (χ1) is 19.2. The fourth-order valence-corrected chi connectivity index (χ4v) is 5.76. The number of aliphatic hydroxyl groups is 1. The van der Waals surface area contributed by atoms with Crippen LogP contribution in [0, 0.1) is 0 Å². The average molecular weight is 596 g/mol. The van der Waals surface area contributed by atoms with Gasteiger partial charge in [-0.15, -0.1) is 0 Å². The number of hydrogen-bond donors (Lipinski definition) is 3. The Bertz CT molecular complexity index is 1420. The van der Waals surface area contributed by atoms with Crippen LogP contribution in [0.2, 0.25) is 0 Å². The van der Waals surface area contributed by atoms with E-state index in [1.165, 1.54) is 17.8 Å². The minimum Gasteiger partial charge on any atom is -0.462 e. The van der Waals surface area contributed by atoms with Gasteiger partial charge in [-0.1, -0.05) is 18.2 Å². The number of nitrogens with zero attached hydrogens (tertiary/aromatic N) is 5. The second kappa shape index (κ2) is 11.9. The molecule has 6 atom stereocenters. The van der Waals surface area contributed by atoms with Crippen LogP contribution in [0.4, 0.5) is 16.2 Å². The summed E-state index contributed by atoms with van der Waals surface area (Å²) in [6, 6.07) is 7.06. The van der Waals surface area contributed by atoms with Crippen molar-refractivity contribution in [2.24, 2.45) is 0 Å². The maximum absolute atomic E-state index is 16.0. The maximum atomic E-state index is 16.0. The lowest BCUT2D eigenvalue weighted by atomic mass is 9.98. The van der Waals surface area contributed by atoms with Crippen LogP contribution in [0.15, 0.2) is 36.7 Å². The summed E-state index contributed by atoms with van der Waals surface area (Å²) >= 11 is 0. The van der Waals surface area contributed by atoms with Crippen LogP contribution in [-0.2, 0) is 23.4 Å². The molecule has 224 valence electrons. The highest BCUT2D eigenvalue weighted by Crippen LogP contribution is 2.48. The fraction of sp³-hybridized carbons (Fsp3) is 0.520. The van der Waals surface area contributed by atoms with E-state index in [9.17, 15) is 14.5 Å². The Kier molecular flexibility index (Phi) is 8.85. The van der Waals surface area contributed by atoms with Gasteiger partial charge in [-0.25, -0.2) is 13.9 Å². The number of anilines is 2. The zero-order valence-corrected chi connectivity index (χ0v) is 24.5. The SMILES string of the molecule is CC(C)OC(=O)[C@@H](C)NP(=O)(OC[C@H]1O[C@@H](n2cnc3c(N(C)C)nc(N)nc32)[C@](C)(F)[C@@H]1O)Oc1ccccc1. The number of carbonyl (C=O) groups is 1. The van der Waals surface area contributed by atoms with Crippen LogP contribution < -0.4 is 20.2 Å². The lowest BCUT2D eigenvalue weighted by molar-refractivity contribution is -0.149. The Hall–Kier alpha value is -3.36. The Labute approximate surface area is 236 Å². The number of nitrogen functional groups attached to an aromatic ring is 1. The third-order valence-electron chi connectivity index (χ3n) is 6.25. The van der Waals surface area contributed by atoms with E-state index >= 15 is 4.39 Å². The number of halogens is 1. The van der Waals surface area contributed by atoms with Gasteiger partial charge in [0.15, 0.2) is 28.9 Å². The Morgan fingerprint density at radius 3 is 2.61 bits per heavy atom. The number of hydrogen-bond acceptors (Lipinski definition) is 12. The molecule has 1 saturated heterocycles. The number of rotatable bonds is 11. The summed E-state index contributed by atoms with van der Waals surface area (Å²) in [5, 5.41) is 13.5. The molecule has 0 bridgehead atoms. The highest BCUT2D eigenvalue weighted by atomic mass is 31.2. The number of benzene rings is 1. The molecule has 1 aliphatic rings. The standard InChI is InChI=1S/C25H35FN7O7P/c1-14(2)38-22(35)15(3)31-41(36,40-16-10-8-7-9-11-16)37-12-17-19(34)25(4,26)23(39-17)33-13-28-18-20(32(5)6)29-24(27)30-21(18)33/h7-11,13-15,17,19,23,34H,12H2,1-6H3,(H,31,36)(H2,27,29,30)/t15-,17-,19-,23-,25-,41?/m1/s1. The molecule has 0 aliphatic carbocycles. The van der Waals surface area contributed by atoms with Crippen molar-refractivity contribution in [1.29, 1.82) is 0 Å². The van der Waals surface area contributed by atoms with Gasteiger partial charge in [0.05, 0.1) is 19.0 Å². The van der Waals surface area contributed by atoms with Gasteiger partial charge in [-0.3, -0.25) is 13.9 Å². The van der Waals surface area contributed by atoms with Gasteiger partial charge < -0.3 is 29.7 Å². The molecule has 1 fully saturated rings. The summed E-state index contributed by atoms with van der Waals surface area (Å²) in [5.74, 6) is -0.135. The van der Waals surface area contributed by atoms with E-state index in [4.69, 9.17) is 24.3 Å². The number of imidazole rings is 1. The Balaban J connectivity index is 1.57. The number of para-hydroxylation sites is 1. The summed E-state index contributed by atoms with van der Waals surface area (Å²) in [6.45, 7) is 5.39. The summed E-state index contributed by atoms with van der Waals surface area (Å²) in [4.78, 5) is 26.8. The number of carbonyl (C=O) groups excluding carboxylic acids is 1. The zero-order valence-electron chi connectivity index (χ0n) is 23.6. The summed E-state index contributed by atoms with van der Waals surface area (Å²) in [6.07, 6.45) is -3.50. The number of ether oxygens (including phenoxy) is 2. The molecule has 1 aromatic carbocycles. The second-order valence-corrected chi connectivity index (χ2v) is 12.0. The van der Waals surface area contributed by atoms with Gasteiger partial charge >= 0.3 is 13.7 Å². The molecule has 0 spiro atoms. The molecule has 41 heavy (non-hydrogen) atoms. The number of alkyl halides is 1. The predicted molar refractivity (Wildman–Crippen MR) is 148 cm³/mol. The average Bonchev–Trinajstić information content (AvgIpc) is 3.40. The maximum Gasteiger partial charge on any atom is 0.459 e. The first-order valence-corrected chi connectivity index (χ1v) is 14.4. The molecule has 0 radical (unpaired) electrons. The number of fused-ring (bicyclic) bond motifs is 1. The number of nitrogens with two attached hydrogens (primary N) is 1. The number of aliphatic hydroxyl groups excluding tert-OH is 1. The van der Waals surface area contributed by atoms with Crippen molar-refractivity contribution in [3.63, 3.8) is 0 Å². The van der Waals surface area contributed by atoms with Crippen molar-refractivity contribution in [3.05, 3.63) is 36.7 Å². The van der Waals surface area contributed by atoms with Gasteiger partial charge in [0.2, 0.25) is 5.95 Å². The third kappa shape index (κ3) is 6.60. The molecular formula is C25H35FN7O7P. The Morgan fingerprint density at radius 1 is 1.29 bits per heavy atom. The number of aromatic nitrogens is 4. The molecule has 1 unspecified atom stereocenters. The fourth-order valence-electron chi connectivity index (χ4n) is 4.26. The monoisotopic (exact) mass is 595 g/mol. The summed E-state index contributed by atoms with van der Waals surface area (Å²) in [7, 11) is -0.793. The van der Waals surface area contributed by atoms with Crippen LogP contribution in [0.5, 0.6) is 5.75 Å². The summed E-state index contributed by atoms with van der Waals surface area (Å²) < 4.78 is 53.4. The molecule has 2 aromatic heterocycles. The number of nitrogens with one attached hydrogen (secondary N) is 1. The van der Waals surface area contributed by atoms with E-state index in [-0.39, 0.29) is 17.3 Å². The topological polar surface area (TPSA) is 176 Å². The van der Waals surface area contributed by atoms with E-state index in [1.54, 1.807) is 63.2 Å². The van der Waals surface area contributed by atoms with Gasteiger partial charge in [0, 0.05) is 14.1 Å². The zero-order chi connectivity index (χ0) is 30.1. The first kappa shape index (κ1) is 30.6. The second-order valence-electron chi connectivity index (χ2n) is 10.3. The van der Waals surface area contributed by atoms with Gasteiger partial charge in [-0.2, -0.15) is 15.1 Å². The van der Waals surface area contributed by atoms with Crippen LogP contribution in [-0.4, -0.2) is 81.3 Å². The van der Waals surface area contributed by atoms with Gasteiger partial charge in [0.25, 0.3) is 0 Å². The minimum absolute atomic E-state index is 0.0582. The van der Waals surface area contributed by atoms with Crippen molar-refractivity contribution < 1.29 is 37.4 Å². The number of esters is 1. The van der Waals surface area contributed by atoms with Crippen molar-refractivity contribution in [2.45, 2.75) is 63.9 Å². The predicted octanol–water partition coefficient (Wildman–Crippen LogP) is 2.59. The molecule has 3 aromatic rings. The first-order valence-electron chi connectivity index (χ1n) is 12.9. The molecule has 16 heteroatoms. The van der Waals surface area contributed by atoms with Crippen molar-refractivity contribution in [1.82, 2.24) is 24.6 Å². The molecule has 4 rings (SSSR count). The lowest BCUT2D eigenvalue weighted by Gasteiger charge is -2.25. The van der Waals surface area contributed by atoms with Crippen LogP contribution >= 0.6 is 7.75 Å². The summed E-state index contributed by atoms with van der Waals surface area (Å²) in [5.41, 5.74) is 4.07. The van der Waals surface area contributed by atoms with Crippen LogP contribution in [0.3, 0.4) is 0 Å².